The molecule has 0 radical (unpaired) electrons. The summed E-state index contributed by atoms with van der Waals surface area (Å²) < 4.78 is 10.6. The van der Waals surface area contributed by atoms with Gasteiger partial charge in [0, 0.05) is 11.8 Å². The third-order valence-corrected chi connectivity index (χ3v) is 4.83. The Morgan fingerprint density at radius 2 is 1.58 bits per heavy atom. The Morgan fingerprint density at radius 1 is 0.962 bits per heavy atom. The molecule has 4 nitrogen and oxygen atoms in total. The van der Waals surface area contributed by atoms with Gasteiger partial charge in [0.2, 0.25) is 0 Å². The molecule has 0 fully saturated rings. The maximum Gasteiger partial charge on any atom is 0.171 e. The van der Waals surface area contributed by atoms with Gasteiger partial charge in [0.25, 0.3) is 0 Å². The molecule has 2 aromatic carbocycles. The Hall–Kier alpha value is -2.27. The number of hydrogen-bond acceptors (Lipinski definition) is 3. The molecule has 140 valence electrons. The minimum atomic E-state index is 0.112. The van der Waals surface area contributed by atoms with Crippen molar-refractivity contribution in [3.8, 4) is 11.5 Å². The van der Waals surface area contributed by atoms with E-state index in [1.807, 2.05) is 18.2 Å². The first-order valence-electron chi connectivity index (χ1n) is 8.87. The average molecular weight is 373 g/mol. The van der Waals surface area contributed by atoms with E-state index in [1.165, 1.54) is 11.1 Å². The molecule has 0 heterocycles. The van der Waals surface area contributed by atoms with Gasteiger partial charge in [0.15, 0.2) is 16.6 Å². The highest BCUT2D eigenvalue weighted by Crippen LogP contribution is 2.29. The van der Waals surface area contributed by atoms with E-state index in [1.54, 1.807) is 14.2 Å². The minimum Gasteiger partial charge on any atom is -0.493 e. The molecule has 5 heteroatoms. The normalized spacial score (nSPS) is 12.8. The van der Waals surface area contributed by atoms with Crippen LogP contribution in [0.5, 0.6) is 11.5 Å². The summed E-state index contributed by atoms with van der Waals surface area (Å²) >= 11 is 5.44. The molecule has 2 rings (SSSR count). The zero-order chi connectivity index (χ0) is 19.1. The van der Waals surface area contributed by atoms with Crippen LogP contribution in [-0.2, 0) is 0 Å². The summed E-state index contributed by atoms with van der Waals surface area (Å²) in [6, 6.07) is 14.5. The van der Waals surface area contributed by atoms with E-state index in [2.05, 4.69) is 55.7 Å². The van der Waals surface area contributed by atoms with Crippen molar-refractivity contribution in [3.05, 3.63) is 53.6 Å². The molecule has 0 aromatic heterocycles. The summed E-state index contributed by atoms with van der Waals surface area (Å²) in [5, 5.41) is 7.08. The molecule has 2 aromatic rings. The van der Waals surface area contributed by atoms with Crippen LogP contribution in [-0.4, -0.2) is 19.3 Å². The van der Waals surface area contributed by atoms with Gasteiger partial charge in [-0.05, 0) is 54.7 Å². The van der Waals surface area contributed by atoms with Crippen molar-refractivity contribution in [2.75, 3.05) is 19.5 Å². The lowest BCUT2D eigenvalue weighted by Crippen LogP contribution is -2.30. The quantitative estimate of drug-likeness (QED) is 0.649. The highest BCUT2D eigenvalue weighted by Gasteiger charge is 2.10. The molecule has 2 atom stereocenters. The van der Waals surface area contributed by atoms with Gasteiger partial charge in [-0.1, -0.05) is 38.1 Å². The Morgan fingerprint density at radius 3 is 2.15 bits per heavy atom. The molecule has 2 N–H and O–H groups in total. The first kappa shape index (κ1) is 20.0. The van der Waals surface area contributed by atoms with Crippen LogP contribution < -0.4 is 20.1 Å². The Balaban J connectivity index is 1.98. The number of hydrogen-bond donors (Lipinski definition) is 2. The topological polar surface area (TPSA) is 42.5 Å². The van der Waals surface area contributed by atoms with Crippen LogP contribution in [0.3, 0.4) is 0 Å². The van der Waals surface area contributed by atoms with Gasteiger partial charge in [0.1, 0.15) is 0 Å². The summed E-state index contributed by atoms with van der Waals surface area (Å²) in [5.41, 5.74) is 3.42. The monoisotopic (exact) mass is 372 g/mol. The van der Waals surface area contributed by atoms with Crippen LogP contribution in [0.4, 0.5) is 5.69 Å². The highest BCUT2D eigenvalue weighted by atomic mass is 32.1. The fraction of sp³-hybridized carbons (Fsp3) is 0.381. The molecule has 26 heavy (non-hydrogen) atoms. The average Bonchev–Trinajstić information content (AvgIpc) is 2.67. The fourth-order valence-electron chi connectivity index (χ4n) is 2.71. The zero-order valence-corrected chi connectivity index (χ0v) is 16.9. The molecule has 0 bridgehead atoms. The van der Waals surface area contributed by atoms with Crippen molar-refractivity contribution in [1.29, 1.82) is 0 Å². The predicted octanol–water partition coefficient (Wildman–Crippen LogP) is 5.26. The van der Waals surface area contributed by atoms with E-state index in [4.69, 9.17) is 21.7 Å². The molecule has 2 unspecified atom stereocenters. The minimum absolute atomic E-state index is 0.112. The second kappa shape index (κ2) is 9.43. The van der Waals surface area contributed by atoms with Gasteiger partial charge >= 0.3 is 0 Å². The predicted molar refractivity (Wildman–Crippen MR) is 112 cm³/mol. The van der Waals surface area contributed by atoms with Gasteiger partial charge < -0.3 is 20.1 Å². The Kier molecular flexibility index (Phi) is 7.27. The lowest BCUT2D eigenvalue weighted by Gasteiger charge is -2.19. The van der Waals surface area contributed by atoms with E-state index < -0.39 is 0 Å². The van der Waals surface area contributed by atoms with Crippen molar-refractivity contribution in [1.82, 2.24) is 5.32 Å². The molecular weight excluding hydrogens is 344 g/mol. The maximum atomic E-state index is 5.44. The van der Waals surface area contributed by atoms with Crippen molar-refractivity contribution < 1.29 is 9.47 Å². The fourth-order valence-corrected chi connectivity index (χ4v) is 3.00. The van der Waals surface area contributed by atoms with E-state index in [9.17, 15) is 0 Å². The molecule has 0 aliphatic carbocycles. The lowest BCUT2D eigenvalue weighted by molar-refractivity contribution is 0.355. The maximum absolute atomic E-state index is 5.44. The summed E-state index contributed by atoms with van der Waals surface area (Å²) in [5.74, 6) is 1.93. The summed E-state index contributed by atoms with van der Waals surface area (Å²) in [4.78, 5) is 0. The number of rotatable bonds is 7. The van der Waals surface area contributed by atoms with Crippen LogP contribution in [0.15, 0.2) is 42.5 Å². The molecule has 0 saturated carbocycles. The third-order valence-electron chi connectivity index (χ3n) is 4.61. The number of ether oxygens (including phenoxy) is 2. The first-order chi connectivity index (χ1) is 12.5. The number of nitrogens with one attached hydrogen (secondary N) is 2. The van der Waals surface area contributed by atoms with Crippen molar-refractivity contribution >= 4 is 23.0 Å². The van der Waals surface area contributed by atoms with Crippen molar-refractivity contribution in [2.24, 2.45) is 0 Å². The summed E-state index contributed by atoms with van der Waals surface area (Å²) in [7, 11) is 3.23. The highest BCUT2D eigenvalue weighted by molar-refractivity contribution is 7.80. The van der Waals surface area contributed by atoms with Gasteiger partial charge in [0.05, 0.1) is 20.3 Å². The van der Waals surface area contributed by atoms with E-state index in [-0.39, 0.29) is 6.04 Å². The van der Waals surface area contributed by atoms with Crippen LogP contribution in [0.2, 0.25) is 0 Å². The summed E-state index contributed by atoms with van der Waals surface area (Å²) in [6.07, 6.45) is 1.15. The largest absolute Gasteiger partial charge is 0.493 e. The van der Waals surface area contributed by atoms with E-state index >= 15 is 0 Å². The molecule has 0 saturated heterocycles. The van der Waals surface area contributed by atoms with E-state index in [0.29, 0.717) is 22.5 Å². The molecule has 0 spiro atoms. The number of benzene rings is 2. The van der Waals surface area contributed by atoms with Crippen molar-refractivity contribution in [3.63, 3.8) is 0 Å². The van der Waals surface area contributed by atoms with Crippen LogP contribution in [0.25, 0.3) is 0 Å². The zero-order valence-electron chi connectivity index (χ0n) is 16.1. The standard InChI is InChI=1S/C21H28N2O2S/c1-6-14(2)16-7-9-17(10-8-16)15(3)22-21(26)23-18-11-12-19(24-4)20(13-18)25-5/h7-15H,6H2,1-5H3,(H2,22,23,26). The third kappa shape index (κ3) is 5.11. The first-order valence-corrected chi connectivity index (χ1v) is 9.28. The lowest BCUT2D eigenvalue weighted by atomic mass is 9.96. The van der Waals surface area contributed by atoms with Crippen LogP contribution in [0, 0.1) is 0 Å². The Bertz CT molecular complexity index is 731. The van der Waals surface area contributed by atoms with Crippen LogP contribution in [0.1, 0.15) is 50.3 Å². The van der Waals surface area contributed by atoms with Crippen molar-refractivity contribution in [2.45, 2.75) is 39.2 Å². The van der Waals surface area contributed by atoms with Gasteiger partial charge in [-0.2, -0.15) is 0 Å². The molecule has 0 aliphatic heterocycles. The smallest absolute Gasteiger partial charge is 0.171 e. The molecular formula is C21H28N2O2S. The SMILES string of the molecule is CCC(C)c1ccc(C(C)NC(=S)Nc2ccc(OC)c(OC)c2)cc1. The van der Waals surface area contributed by atoms with Gasteiger partial charge in [-0.15, -0.1) is 0 Å². The summed E-state index contributed by atoms with van der Waals surface area (Å²) in [6.45, 7) is 6.56. The van der Waals surface area contributed by atoms with E-state index in [0.717, 1.165) is 12.1 Å². The number of thiocarbonyl (C=S) groups is 1. The number of methoxy groups -OCH3 is 2. The molecule has 0 amide bonds. The Labute approximate surface area is 161 Å². The van der Waals surface area contributed by atoms with Gasteiger partial charge in [-0.25, -0.2) is 0 Å². The number of anilines is 1. The van der Waals surface area contributed by atoms with Gasteiger partial charge in [-0.3, -0.25) is 0 Å². The molecule has 0 aliphatic rings. The second-order valence-electron chi connectivity index (χ2n) is 6.37. The van der Waals surface area contributed by atoms with Crippen LogP contribution >= 0.6 is 12.2 Å². The second-order valence-corrected chi connectivity index (χ2v) is 6.77.